The predicted molar refractivity (Wildman–Crippen MR) is 103 cm³/mol. The zero-order chi connectivity index (χ0) is 14.9. The van der Waals surface area contributed by atoms with E-state index in [-0.39, 0.29) is 24.8 Å². The van der Waals surface area contributed by atoms with Gasteiger partial charge in [-0.3, -0.25) is 0 Å². The van der Waals surface area contributed by atoms with Crippen molar-refractivity contribution in [3.8, 4) is 0 Å². The Hall–Kier alpha value is -0.290. The Morgan fingerprint density at radius 3 is 2.33 bits per heavy atom. The predicted octanol–water partition coefficient (Wildman–Crippen LogP) is 3.41. The molecule has 2 saturated carbocycles. The van der Waals surface area contributed by atoms with Crippen LogP contribution in [-0.4, -0.2) is 35.2 Å². The van der Waals surface area contributed by atoms with Crippen molar-refractivity contribution in [1.82, 2.24) is 20.2 Å². The molecular weight excluding hydrogens is 343 g/mol. The van der Waals surface area contributed by atoms with Gasteiger partial charge in [0.05, 0.1) is 6.33 Å². The summed E-state index contributed by atoms with van der Waals surface area (Å²) in [6.07, 6.45) is 17.2. The molecule has 138 valence electrons. The Kier molecular flexibility index (Phi) is 7.00. The van der Waals surface area contributed by atoms with Gasteiger partial charge in [0, 0.05) is 36.9 Å². The molecule has 3 fully saturated rings. The number of nitrogens with one attached hydrogen (secondary N) is 2. The lowest BCUT2D eigenvalue weighted by molar-refractivity contribution is 0.113. The molecule has 1 saturated heterocycles. The van der Waals surface area contributed by atoms with Gasteiger partial charge in [0.25, 0.3) is 0 Å². The van der Waals surface area contributed by atoms with Crippen molar-refractivity contribution in [3.63, 3.8) is 0 Å². The molecule has 1 aromatic rings. The molecule has 0 unspecified atom stereocenters. The second-order valence-corrected chi connectivity index (χ2v) is 8.14. The standard InChI is InChI=1S/C18H30N4.2ClH/c1-3-17(7-9-19-10-8-17)4-2-16(1)21-13-18(5-6-18)14-22-12-11-20-15-22;;/h11-12,15-16,19,21H,1-10,13-14H2;2*1H. The average Bonchev–Trinajstić information content (AvgIpc) is 3.12. The van der Waals surface area contributed by atoms with Crippen molar-refractivity contribution in [2.45, 2.75) is 64.0 Å². The summed E-state index contributed by atoms with van der Waals surface area (Å²) >= 11 is 0. The van der Waals surface area contributed by atoms with Crippen molar-refractivity contribution in [2.75, 3.05) is 19.6 Å². The van der Waals surface area contributed by atoms with Crippen molar-refractivity contribution >= 4 is 24.8 Å². The van der Waals surface area contributed by atoms with Gasteiger partial charge in [-0.25, -0.2) is 4.98 Å². The monoisotopic (exact) mass is 374 g/mol. The lowest BCUT2D eigenvalue weighted by Crippen LogP contribution is -2.44. The SMILES string of the molecule is Cl.Cl.c1cn(CC2(CNC3CCC4(CCNCC4)CC3)CC2)cn1. The smallest absolute Gasteiger partial charge is 0.0946 e. The first-order chi connectivity index (χ1) is 10.8. The fourth-order valence-corrected chi connectivity index (χ4v) is 4.59. The van der Waals surface area contributed by atoms with Crippen LogP contribution in [0.25, 0.3) is 0 Å². The molecule has 1 aromatic heterocycles. The lowest BCUT2D eigenvalue weighted by Gasteiger charge is -2.43. The Labute approximate surface area is 158 Å². The van der Waals surface area contributed by atoms with Crippen LogP contribution in [0.15, 0.2) is 18.7 Å². The van der Waals surface area contributed by atoms with E-state index >= 15 is 0 Å². The fourth-order valence-electron chi connectivity index (χ4n) is 4.59. The van der Waals surface area contributed by atoms with E-state index in [0.717, 1.165) is 12.6 Å². The zero-order valence-electron chi connectivity index (χ0n) is 14.5. The summed E-state index contributed by atoms with van der Waals surface area (Å²) in [5, 5.41) is 7.43. The van der Waals surface area contributed by atoms with E-state index in [9.17, 15) is 0 Å². The minimum absolute atomic E-state index is 0. The number of nitrogens with zero attached hydrogens (tertiary/aromatic N) is 2. The van der Waals surface area contributed by atoms with Crippen LogP contribution in [0.3, 0.4) is 0 Å². The molecule has 1 aliphatic heterocycles. The molecule has 2 N–H and O–H groups in total. The summed E-state index contributed by atoms with van der Waals surface area (Å²) in [6.45, 7) is 4.82. The quantitative estimate of drug-likeness (QED) is 0.829. The maximum absolute atomic E-state index is 4.17. The van der Waals surface area contributed by atoms with Crippen molar-refractivity contribution < 1.29 is 0 Å². The maximum atomic E-state index is 4.17. The number of imidazole rings is 1. The number of aromatic nitrogens is 2. The molecule has 0 bridgehead atoms. The van der Waals surface area contributed by atoms with Crippen LogP contribution >= 0.6 is 24.8 Å². The van der Waals surface area contributed by atoms with Gasteiger partial charge >= 0.3 is 0 Å². The zero-order valence-corrected chi connectivity index (χ0v) is 16.1. The highest BCUT2D eigenvalue weighted by Gasteiger charge is 2.43. The summed E-state index contributed by atoms with van der Waals surface area (Å²) in [5.74, 6) is 0. The summed E-state index contributed by atoms with van der Waals surface area (Å²) in [4.78, 5) is 4.17. The highest BCUT2D eigenvalue weighted by Crippen LogP contribution is 2.47. The Morgan fingerprint density at radius 1 is 1.04 bits per heavy atom. The average molecular weight is 375 g/mol. The van der Waals surface area contributed by atoms with Crippen LogP contribution in [0.5, 0.6) is 0 Å². The van der Waals surface area contributed by atoms with E-state index in [1.54, 1.807) is 0 Å². The first-order valence-corrected chi connectivity index (χ1v) is 9.18. The molecule has 0 atom stereocenters. The highest BCUT2D eigenvalue weighted by molar-refractivity contribution is 5.85. The Bertz CT molecular complexity index is 471. The van der Waals surface area contributed by atoms with Crippen molar-refractivity contribution in [3.05, 3.63) is 18.7 Å². The number of rotatable bonds is 5. The van der Waals surface area contributed by atoms with E-state index in [1.165, 1.54) is 71.0 Å². The van der Waals surface area contributed by atoms with Gasteiger partial charge in [-0.15, -0.1) is 24.8 Å². The van der Waals surface area contributed by atoms with Gasteiger partial charge < -0.3 is 15.2 Å². The largest absolute Gasteiger partial charge is 0.337 e. The van der Waals surface area contributed by atoms with Crippen LogP contribution in [0.2, 0.25) is 0 Å². The third-order valence-electron chi connectivity index (χ3n) is 6.51. The van der Waals surface area contributed by atoms with Gasteiger partial charge in [0.1, 0.15) is 0 Å². The van der Waals surface area contributed by atoms with Crippen LogP contribution in [-0.2, 0) is 6.54 Å². The fraction of sp³-hybridized carbons (Fsp3) is 0.833. The van der Waals surface area contributed by atoms with Crippen LogP contribution in [0, 0.1) is 10.8 Å². The summed E-state index contributed by atoms with van der Waals surface area (Å²) in [5.41, 5.74) is 1.21. The van der Waals surface area contributed by atoms with Crippen LogP contribution in [0.1, 0.15) is 51.4 Å². The topological polar surface area (TPSA) is 41.9 Å². The van der Waals surface area contributed by atoms with Crippen LogP contribution in [0.4, 0.5) is 0 Å². The summed E-state index contributed by atoms with van der Waals surface area (Å²) < 4.78 is 2.25. The molecule has 0 aromatic carbocycles. The van der Waals surface area contributed by atoms with E-state index in [2.05, 4.69) is 26.4 Å². The summed E-state index contributed by atoms with van der Waals surface area (Å²) in [7, 11) is 0. The Morgan fingerprint density at radius 2 is 1.75 bits per heavy atom. The molecule has 0 amide bonds. The third kappa shape index (κ3) is 4.66. The number of hydrogen-bond donors (Lipinski definition) is 2. The second-order valence-electron chi connectivity index (χ2n) is 8.14. The lowest BCUT2D eigenvalue weighted by atomic mass is 9.67. The number of piperidine rings is 1. The minimum Gasteiger partial charge on any atom is -0.337 e. The number of halogens is 2. The normalized spacial score (nSPS) is 24.8. The minimum atomic E-state index is 0. The molecule has 24 heavy (non-hydrogen) atoms. The van der Waals surface area contributed by atoms with Gasteiger partial charge in [-0.2, -0.15) is 0 Å². The van der Waals surface area contributed by atoms with Crippen molar-refractivity contribution in [1.29, 1.82) is 0 Å². The van der Waals surface area contributed by atoms with E-state index < -0.39 is 0 Å². The molecular formula is C18H32Cl2N4. The first-order valence-electron chi connectivity index (χ1n) is 9.18. The second kappa shape index (κ2) is 8.39. The molecule has 3 aliphatic rings. The van der Waals surface area contributed by atoms with Gasteiger partial charge in [-0.1, -0.05) is 0 Å². The first kappa shape index (κ1) is 20.0. The van der Waals surface area contributed by atoms with Gasteiger partial charge in [-0.05, 0) is 69.9 Å². The Balaban J connectivity index is 0.00000104. The van der Waals surface area contributed by atoms with Crippen LogP contribution < -0.4 is 10.6 Å². The third-order valence-corrected chi connectivity index (χ3v) is 6.51. The van der Waals surface area contributed by atoms with E-state index in [1.807, 2.05) is 12.5 Å². The van der Waals surface area contributed by atoms with Gasteiger partial charge in [0.2, 0.25) is 0 Å². The molecule has 0 radical (unpaired) electrons. The maximum Gasteiger partial charge on any atom is 0.0946 e. The molecule has 6 heteroatoms. The van der Waals surface area contributed by atoms with Gasteiger partial charge in [0.15, 0.2) is 0 Å². The number of hydrogen-bond acceptors (Lipinski definition) is 3. The molecule has 4 rings (SSSR count). The molecule has 2 aliphatic carbocycles. The van der Waals surface area contributed by atoms with E-state index in [0.29, 0.717) is 10.8 Å². The summed E-state index contributed by atoms with van der Waals surface area (Å²) in [6, 6.07) is 0.765. The molecule has 1 spiro atoms. The van der Waals surface area contributed by atoms with Crippen molar-refractivity contribution in [2.24, 2.45) is 10.8 Å². The van der Waals surface area contributed by atoms with E-state index in [4.69, 9.17) is 0 Å². The highest BCUT2D eigenvalue weighted by atomic mass is 35.5. The molecule has 2 heterocycles. The molecule has 4 nitrogen and oxygen atoms in total.